The highest BCUT2D eigenvalue weighted by atomic mass is 16.4. The summed E-state index contributed by atoms with van der Waals surface area (Å²) in [7, 11) is 5.21. The van der Waals surface area contributed by atoms with E-state index in [2.05, 4.69) is 0 Å². The van der Waals surface area contributed by atoms with Gasteiger partial charge in [-0.15, -0.1) is 0 Å². The van der Waals surface area contributed by atoms with Crippen LogP contribution in [0.25, 0.3) is 10.9 Å². The second-order valence-electron chi connectivity index (χ2n) is 7.57. The molecular weight excluding hydrogens is 376 g/mol. The molecular formula is C20H26N4O5. The smallest absolute Gasteiger partial charge is 0.335 e. The zero-order valence-electron chi connectivity index (χ0n) is 16.8. The zero-order valence-corrected chi connectivity index (χ0v) is 16.8. The van der Waals surface area contributed by atoms with Crippen LogP contribution >= 0.6 is 0 Å². The Labute approximate surface area is 168 Å². The van der Waals surface area contributed by atoms with Gasteiger partial charge < -0.3 is 19.7 Å². The van der Waals surface area contributed by atoms with E-state index in [0.717, 1.165) is 5.39 Å². The molecule has 1 fully saturated rings. The molecule has 1 amide bonds. The van der Waals surface area contributed by atoms with E-state index in [4.69, 9.17) is 0 Å². The Bertz CT molecular complexity index is 944. The average Bonchev–Trinajstić information content (AvgIpc) is 2.98. The number of aliphatic carboxylic acids is 1. The summed E-state index contributed by atoms with van der Waals surface area (Å²) in [5.74, 6) is -1.94. The molecule has 2 N–H and O–H groups in total. The highest BCUT2D eigenvalue weighted by Gasteiger charge is 2.33. The molecule has 0 saturated carbocycles. The number of carbonyl (C=O) groups is 3. The van der Waals surface area contributed by atoms with Gasteiger partial charge >= 0.3 is 11.9 Å². The lowest BCUT2D eigenvalue weighted by atomic mass is 10.0. The molecule has 0 bridgehead atoms. The van der Waals surface area contributed by atoms with Gasteiger partial charge in [0.15, 0.2) is 0 Å². The van der Waals surface area contributed by atoms with Crippen molar-refractivity contribution in [2.75, 3.05) is 46.8 Å². The number of carbonyl (C=O) groups excluding carboxylic acids is 1. The number of aromatic carboxylic acids is 1. The summed E-state index contributed by atoms with van der Waals surface area (Å²) in [6, 6.07) is 3.90. The van der Waals surface area contributed by atoms with E-state index in [-0.39, 0.29) is 11.5 Å². The van der Waals surface area contributed by atoms with Crippen molar-refractivity contribution in [3.63, 3.8) is 0 Å². The first kappa shape index (κ1) is 20.8. The number of hydrogen-bond donors (Lipinski definition) is 2. The summed E-state index contributed by atoms with van der Waals surface area (Å²) in [5, 5.41) is 19.9. The minimum atomic E-state index is -1.02. The fraction of sp³-hybridized carbons (Fsp3) is 0.450. The first-order chi connectivity index (χ1) is 13.7. The molecule has 0 radical (unpaired) electrons. The molecule has 9 nitrogen and oxygen atoms in total. The van der Waals surface area contributed by atoms with E-state index < -0.39 is 18.0 Å². The molecule has 1 aliphatic heterocycles. The molecule has 29 heavy (non-hydrogen) atoms. The van der Waals surface area contributed by atoms with E-state index in [1.807, 2.05) is 9.80 Å². The van der Waals surface area contributed by atoms with Crippen molar-refractivity contribution < 1.29 is 24.6 Å². The molecule has 2 aromatic rings. The lowest BCUT2D eigenvalue weighted by Crippen LogP contribution is -2.51. The third-order valence-corrected chi connectivity index (χ3v) is 5.43. The normalized spacial score (nSPS) is 16.7. The maximum atomic E-state index is 12.2. The molecule has 0 spiro atoms. The van der Waals surface area contributed by atoms with Gasteiger partial charge in [0.2, 0.25) is 5.91 Å². The van der Waals surface area contributed by atoms with Crippen LogP contribution in [0.2, 0.25) is 0 Å². The van der Waals surface area contributed by atoms with Gasteiger partial charge in [-0.3, -0.25) is 19.4 Å². The van der Waals surface area contributed by atoms with Gasteiger partial charge in [0, 0.05) is 70.0 Å². The first-order valence-corrected chi connectivity index (χ1v) is 9.40. The molecule has 2 heterocycles. The van der Waals surface area contributed by atoms with Gasteiger partial charge in [-0.1, -0.05) is 6.07 Å². The minimum absolute atomic E-state index is 0.0246. The highest BCUT2D eigenvalue weighted by molar-refractivity contribution is 5.96. The predicted molar refractivity (Wildman–Crippen MR) is 107 cm³/mol. The molecule has 1 atom stereocenters. The standard InChI is InChI=1S/C20H26N4O5/c1-21(2)17(25)12-23-6-8-24(9-7-23)18(20(28)29)15-11-22(3)16-10-13(19(26)27)4-5-14(15)16/h4-5,10-11,18H,6-9,12H2,1-3H3,(H,26,27)(H,28,29)/t18-/m0/s1. The van der Waals surface area contributed by atoms with Crippen LogP contribution in [0.15, 0.2) is 24.4 Å². The third kappa shape index (κ3) is 4.25. The van der Waals surface area contributed by atoms with E-state index in [9.17, 15) is 24.6 Å². The lowest BCUT2D eigenvalue weighted by molar-refractivity contribution is -0.145. The number of hydrogen-bond acceptors (Lipinski definition) is 5. The number of piperazine rings is 1. The van der Waals surface area contributed by atoms with Crippen LogP contribution in [0.1, 0.15) is 22.0 Å². The number of carboxylic acid groups (broad SMARTS) is 2. The SMILES string of the molecule is CN(C)C(=O)CN1CCN([C@H](C(=O)O)c2cn(C)c3cc(C(=O)O)ccc23)CC1. The van der Waals surface area contributed by atoms with Crippen LogP contribution in [0.5, 0.6) is 0 Å². The van der Waals surface area contributed by atoms with Crippen molar-refractivity contribution in [3.05, 3.63) is 35.5 Å². The van der Waals surface area contributed by atoms with E-state index in [0.29, 0.717) is 43.8 Å². The lowest BCUT2D eigenvalue weighted by Gasteiger charge is -2.37. The average molecular weight is 402 g/mol. The fourth-order valence-electron chi connectivity index (χ4n) is 3.76. The van der Waals surface area contributed by atoms with Gasteiger partial charge in [0.1, 0.15) is 6.04 Å². The number of fused-ring (bicyclic) bond motifs is 1. The number of aromatic nitrogens is 1. The summed E-state index contributed by atoms with van der Waals surface area (Å²) in [5.41, 5.74) is 1.49. The maximum Gasteiger partial charge on any atom is 0.335 e. The topological polar surface area (TPSA) is 106 Å². The second-order valence-corrected chi connectivity index (χ2v) is 7.57. The van der Waals surface area contributed by atoms with Crippen molar-refractivity contribution in [2.45, 2.75) is 6.04 Å². The Kier molecular flexibility index (Phi) is 5.90. The largest absolute Gasteiger partial charge is 0.480 e. The number of benzene rings is 1. The Morgan fingerprint density at radius 3 is 2.31 bits per heavy atom. The number of rotatable bonds is 6. The maximum absolute atomic E-state index is 12.2. The summed E-state index contributed by atoms with van der Waals surface area (Å²) >= 11 is 0. The number of aryl methyl sites for hydroxylation is 1. The van der Waals surface area contributed by atoms with Crippen molar-refractivity contribution in [1.29, 1.82) is 0 Å². The number of carboxylic acids is 2. The summed E-state index contributed by atoms with van der Waals surface area (Å²) < 4.78 is 1.76. The van der Waals surface area contributed by atoms with Crippen LogP contribution in [0, 0.1) is 0 Å². The quantitative estimate of drug-likeness (QED) is 0.733. The van der Waals surface area contributed by atoms with Crippen molar-refractivity contribution in [2.24, 2.45) is 7.05 Å². The molecule has 3 rings (SSSR count). The van der Waals surface area contributed by atoms with Crippen LogP contribution in [0.4, 0.5) is 0 Å². The van der Waals surface area contributed by atoms with Gasteiger partial charge in [0.05, 0.1) is 12.1 Å². The van der Waals surface area contributed by atoms with Gasteiger partial charge in [-0.05, 0) is 12.1 Å². The van der Waals surface area contributed by atoms with Crippen molar-refractivity contribution in [1.82, 2.24) is 19.3 Å². The van der Waals surface area contributed by atoms with E-state index >= 15 is 0 Å². The Hall–Kier alpha value is -2.91. The van der Waals surface area contributed by atoms with Crippen LogP contribution < -0.4 is 0 Å². The minimum Gasteiger partial charge on any atom is -0.480 e. The summed E-state index contributed by atoms with van der Waals surface area (Å²) in [6.45, 7) is 2.60. The molecule has 9 heteroatoms. The molecule has 156 valence electrons. The summed E-state index contributed by atoms with van der Waals surface area (Å²) in [6.07, 6.45) is 1.76. The van der Waals surface area contributed by atoms with E-state index in [1.165, 1.54) is 6.07 Å². The molecule has 1 aliphatic rings. The molecule has 0 aliphatic carbocycles. The third-order valence-electron chi connectivity index (χ3n) is 5.43. The van der Waals surface area contributed by atoms with Crippen molar-refractivity contribution >= 4 is 28.7 Å². The first-order valence-electron chi connectivity index (χ1n) is 9.40. The van der Waals surface area contributed by atoms with Gasteiger partial charge in [-0.2, -0.15) is 0 Å². The van der Waals surface area contributed by atoms with Crippen molar-refractivity contribution in [3.8, 4) is 0 Å². The Morgan fingerprint density at radius 1 is 1.10 bits per heavy atom. The number of likely N-dealkylation sites (N-methyl/N-ethyl adjacent to an activating group) is 1. The molecule has 1 aromatic heterocycles. The monoisotopic (exact) mass is 402 g/mol. The van der Waals surface area contributed by atoms with Crippen LogP contribution in [-0.4, -0.2) is 94.1 Å². The fourth-order valence-corrected chi connectivity index (χ4v) is 3.76. The van der Waals surface area contributed by atoms with Gasteiger partial charge in [0.25, 0.3) is 0 Å². The number of amides is 1. The molecule has 1 aromatic carbocycles. The second kappa shape index (κ2) is 8.22. The molecule has 0 unspecified atom stereocenters. The zero-order chi connectivity index (χ0) is 21.3. The Balaban J connectivity index is 1.84. The van der Waals surface area contributed by atoms with Crippen LogP contribution in [-0.2, 0) is 16.6 Å². The van der Waals surface area contributed by atoms with Gasteiger partial charge in [-0.25, -0.2) is 4.79 Å². The van der Waals surface area contributed by atoms with Crippen LogP contribution in [0.3, 0.4) is 0 Å². The Morgan fingerprint density at radius 2 is 1.76 bits per heavy atom. The van der Waals surface area contributed by atoms with E-state index in [1.54, 1.807) is 48.9 Å². The highest BCUT2D eigenvalue weighted by Crippen LogP contribution is 2.31. The molecule has 1 saturated heterocycles. The summed E-state index contributed by atoms with van der Waals surface area (Å²) in [4.78, 5) is 40.8. The number of nitrogens with zero attached hydrogens (tertiary/aromatic N) is 4. The predicted octanol–water partition coefficient (Wildman–Crippen LogP) is 0.708.